The van der Waals surface area contributed by atoms with E-state index in [9.17, 15) is 0 Å². The van der Waals surface area contributed by atoms with Gasteiger partial charge in [0.25, 0.3) is 0 Å². The van der Waals surface area contributed by atoms with Crippen LogP contribution < -0.4 is 5.32 Å². The van der Waals surface area contributed by atoms with Gasteiger partial charge in [0.05, 0.1) is 11.7 Å². The van der Waals surface area contributed by atoms with Crippen molar-refractivity contribution in [3.05, 3.63) is 39.7 Å². The SMILES string of the molecule is Cc1ccc(-c2csc(C3CCCCN3)n2)cc1C. The maximum absolute atomic E-state index is 4.83. The van der Waals surface area contributed by atoms with Crippen LogP contribution in [0.4, 0.5) is 0 Å². The van der Waals surface area contributed by atoms with Crippen molar-refractivity contribution < 1.29 is 0 Å². The second kappa shape index (κ2) is 5.43. The van der Waals surface area contributed by atoms with E-state index in [-0.39, 0.29) is 0 Å². The van der Waals surface area contributed by atoms with Crippen molar-refractivity contribution in [2.45, 2.75) is 39.2 Å². The number of nitrogens with zero attached hydrogens (tertiary/aromatic N) is 1. The molecule has 1 aliphatic heterocycles. The molecule has 2 nitrogen and oxygen atoms in total. The summed E-state index contributed by atoms with van der Waals surface area (Å²) in [5, 5.41) is 7.00. The van der Waals surface area contributed by atoms with Gasteiger partial charge in [0.1, 0.15) is 5.01 Å². The van der Waals surface area contributed by atoms with E-state index in [0.29, 0.717) is 6.04 Å². The third-order valence-corrected chi connectivity index (χ3v) is 4.89. The molecule has 2 heterocycles. The molecule has 19 heavy (non-hydrogen) atoms. The predicted molar refractivity (Wildman–Crippen MR) is 81.6 cm³/mol. The van der Waals surface area contributed by atoms with Gasteiger partial charge < -0.3 is 5.32 Å². The third-order valence-electron chi connectivity index (χ3n) is 3.93. The van der Waals surface area contributed by atoms with Gasteiger partial charge in [-0.1, -0.05) is 18.6 Å². The van der Waals surface area contributed by atoms with E-state index in [2.05, 4.69) is 42.7 Å². The summed E-state index contributed by atoms with van der Waals surface area (Å²) < 4.78 is 0. The van der Waals surface area contributed by atoms with Crippen molar-refractivity contribution in [2.75, 3.05) is 6.54 Å². The number of rotatable bonds is 2. The van der Waals surface area contributed by atoms with Crippen LogP contribution in [0.25, 0.3) is 11.3 Å². The van der Waals surface area contributed by atoms with Crippen LogP contribution >= 0.6 is 11.3 Å². The lowest BCUT2D eigenvalue weighted by Gasteiger charge is -2.21. The Morgan fingerprint density at radius 1 is 1.21 bits per heavy atom. The first-order valence-corrected chi connectivity index (χ1v) is 7.88. The molecular formula is C16H20N2S. The number of nitrogens with one attached hydrogen (secondary N) is 1. The summed E-state index contributed by atoms with van der Waals surface area (Å²) in [5.41, 5.74) is 5.04. The zero-order valence-corrected chi connectivity index (χ0v) is 12.4. The quantitative estimate of drug-likeness (QED) is 0.884. The standard InChI is InChI=1S/C16H20N2S/c1-11-6-7-13(9-12(11)2)15-10-19-16(18-15)14-5-3-4-8-17-14/h6-7,9-10,14,17H,3-5,8H2,1-2H3. The van der Waals surface area contributed by atoms with Crippen molar-refractivity contribution in [2.24, 2.45) is 0 Å². The summed E-state index contributed by atoms with van der Waals surface area (Å²) in [6.07, 6.45) is 3.84. The Kier molecular flexibility index (Phi) is 3.67. The highest BCUT2D eigenvalue weighted by atomic mass is 32.1. The highest BCUT2D eigenvalue weighted by Crippen LogP contribution is 2.30. The van der Waals surface area contributed by atoms with E-state index in [0.717, 1.165) is 12.2 Å². The summed E-state index contributed by atoms with van der Waals surface area (Å²) in [6.45, 7) is 5.44. The summed E-state index contributed by atoms with van der Waals surface area (Å²) in [5.74, 6) is 0. The molecule has 1 atom stereocenters. The van der Waals surface area contributed by atoms with E-state index in [4.69, 9.17) is 4.98 Å². The topological polar surface area (TPSA) is 24.9 Å². The normalized spacial score (nSPS) is 19.6. The third kappa shape index (κ3) is 2.72. The number of hydrogen-bond donors (Lipinski definition) is 1. The molecule has 1 unspecified atom stereocenters. The second-order valence-corrected chi connectivity index (χ2v) is 6.26. The number of thiazole rings is 1. The molecule has 1 fully saturated rings. The van der Waals surface area contributed by atoms with Crippen LogP contribution in [0.15, 0.2) is 23.6 Å². The first-order valence-electron chi connectivity index (χ1n) is 7.00. The van der Waals surface area contributed by atoms with E-state index in [1.54, 1.807) is 11.3 Å². The van der Waals surface area contributed by atoms with Gasteiger partial charge in [-0.3, -0.25) is 0 Å². The molecule has 0 amide bonds. The van der Waals surface area contributed by atoms with E-state index < -0.39 is 0 Å². The van der Waals surface area contributed by atoms with E-state index >= 15 is 0 Å². The molecule has 1 aromatic heterocycles. The molecule has 3 rings (SSSR count). The highest BCUT2D eigenvalue weighted by Gasteiger charge is 2.18. The van der Waals surface area contributed by atoms with Crippen LogP contribution in [0, 0.1) is 13.8 Å². The molecule has 0 spiro atoms. The molecular weight excluding hydrogens is 252 g/mol. The number of aromatic nitrogens is 1. The maximum Gasteiger partial charge on any atom is 0.110 e. The van der Waals surface area contributed by atoms with E-state index in [1.807, 2.05) is 0 Å². The largest absolute Gasteiger partial charge is 0.308 e. The average molecular weight is 272 g/mol. The first kappa shape index (κ1) is 12.8. The highest BCUT2D eigenvalue weighted by molar-refractivity contribution is 7.10. The van der Waals surface area contributed by atoms with Crippen molar-refractivity contribution in [3.8, 4) is 11.3 Å². The molecule has 1 aliphatic rings. The van der Waals surface area contributed by atoms with Crippen LogP contribution in [0.2, 0.25) is 0 Å². The van der Waals surface area contributed by atoms with Crippen molar-refractivity contribution in [3.63, 3.8) is 0 Å². The Morgan fingerprint density at radius 2 is 2.11 bits per heavy atom. The molecule has 1 aromatic carbocycles. The lowest BCUT2D eigenvalue weighted by atomic mass is 10.0. The molecule has 2 aromatic rings. The summed E-state index contributed by atoms with van der Waals surface area (Å²) >= 11 is 1.79. The second-order valence-electron chi connectivity index (χ2n) is 5.37. The van der Waals surface area contributed by atoms with Crippen LogP contribution in [-0.4, -0.2) is 11.5 Å². The molecule has 1 saturated heterocycles. The van der Waals surface area contributed by atoms with Gasteiger partial charge in [0.15, 0.2) is 0 Å². The van der Waals surface area contributed by atoms with Crippen molar-refractivity contribution in [1.82, 2.24) is 10.3 Å². The van der Waals surface area contributed by atoms with Gasteiger partial charge in [-0.25, -0.2) is 4.98 Å². The molecule has 0 radical (unpaired) electrons. The zero-order chi connectivity index (χ0) is 13.2. The van der Waals surface area contributed by atoms with Crippen molar-refractivity contribution >= 4 is 11.3 Å². The fourth-order valence-electron chi connectivity index (χ4n) is 2.54. The zero-order valence-electron chi connectivity index (χ0n) is 11.6. The van der Waals surface area contributed by atoms with Gasteiger partial charge in [0.2, 0.25) is 0 Å². The Hall–Kier alpha value is -1.19. The van der Waals surface area contributed by atoms with Gasteiger partial charge in [-0.05, 0) is 50.4 Å². The fraction of sp³-hybridized carbons (Fsp3) is 0.438. The molecule has 1 N–H and O–H groups in total. The predicted octanol–water partition coefficient (Wildman–Crippen LogP) is 4.24. The minimum absolute atomic E-state index is 0.471. The smallest absolute Gasteiger partial charge is 0.110 e. The van der Waals surface area contributed by atoms with E-state index in [1.165, 1.54) is 41.0 Å². The lowest BCUT2D eigenvalue weighted by molar-refractivity contribution is 0.411. The minimum Gasteiger partial charge on any atom is -0.308 e. The van der Waals surface area contributed by atoms with Crippen LogP contribution in [0.1, 0.15) is 41.4 Å². The fourth-order valence-corrected chi connectivity index (χ4v) is 3.48. The summed E-state index contributed by atoms with van der Waals surface area (Å²) in [7, 11) is 0. The average Bonchev–Trinajstić information content (AvgIpc) is 2.93. The number of hydrogen-bond acceptors (Lipinski definition) is 3. The van der Waals surface area contributed by atoms with Crippen LogP contribution in [0.5, 0.6) is 0 Å². The lowest BCUT2D eigenvalue weighted by Crippen LogP contribution is -2.26. The Balaban J connectivity index is 1.85. The molecule has 100 valence electrons. The molecule has 0 bridgehead atoms. The monoisotopic (exact) mass is 272 g/mol. The summed E-state index contributed by atoms with van der Waals surface area (Å²) in [4.78, 5) is 4.83. The Labute approximate surface area is 118 Å². The summed E-state index contributed by atoms with van der Waals surface area (Å²) in [6, 6.07) is 7.07. The maximum atomic E-state index is 4.83. The Bertz CT molecular complexity index is 568. The number of piperidine rings is 1. The number of aryl methyl sites for hydroxylation is 2. The first-order chi connectivity index (χ1) is 9.24. The Morgan fingerprint density at radius 3 is 2.84 bits per heavy atom. The van der Waals surface area contributed by atoms with Gasteiger partial charge in [-0.2, -0.15) is 0 Å². The molecule has 0 aliphatic carbocycles. The van der Waals surface area contributed by atoms with Gasteiger partial charge in [-0.15, -0.1) is 11.3 Å². The van der Waals surface area contributed by atoms with Gasteiger partial charge >= 0.3 is 0 Å². The van der Waals surface area contributed by atoms with Crippen molar-refractivity contribution in [1.29, 1.82) is 0 Å². The number of benzene rings is 1. The minimum atomic E-state index is 0.471. The van der Waals surface area contributed by atoms with Gasteiger partial charge in [0, 0.05) is 10.9 Å². The molecule has 3 heteroatoms. The van der Waals surface area contributed by atoms with Crippen LogP contribution in [0.3, 0.4) is 0 Å². The molecule has 0 saturated carbocycles. The van der Waals surface area contributed by atoms with Crippen LogP contribution in [-0.2, 0) is 0 Å².